The fraction of sp³-hybridized carbons (Fsp3) is 0.148. The Balaban J connectivity index is 1.23. The highest BCUT2D eigenvalue weighted by molar-refractivity contribution is 8.18. The SMILES string of the molecule is COc1cc(/C=C2/SC(=O)N(CC(=O)Nc3ccc4c(c3)OCO4)C2=O)ccc1OCc1ccccc1. The fourth-order valence-corrected chi connectivity index (χ4v) is 4.57. The molecule has 0 unspecified atom stereocenters. The molecule has 0 atom stereocenters. The molecule has 1 N–H and O–H groups in total. The maximum atomic E-state index is 12.9. The summed E-state index contributed by atoms with van der Waals surface area (Å²) < 4.78 is 21.9. The summed E-state index contributed by atoms with van der Waals surface area (Å²) in [5.41, 5.74) is 2.14. The summed E-state index contributed by atoms with van der Waals surface area (Å²) in [6.07, 6.45) is 1.59. The molecule has 0 radical (unpaired) electrons. The smallest absolute Gasteiger partial charge is 0.294 e. The van der Waals surface area contributed by atoms with Gasteiger partial charge < -0.3 is 24.3 Å². The number of imide groups is 1. The van der Waals surface area contributed by atoms with Gasteiger partial charge in [0.05, 0.1) is 12.0 Å². The quantitative estimate of drug-likeness (QED) is 0.429. The summed E-state index contributed by atoms with van der Waals surface area (Å²) in [7, 11) is 1.53. The van der Waals surface area contributed by atoms with E-state index in [1.807, 2.05) is 30.3 Å². The van der Waals surface area contributed by atoms with E-state index in [1.54, 1.807) is 42.5 Å². The average molecular weight is 519 g/mol. The van der Waals surface area contributed by atoms with Gasteiger partial charge >= 0.3 is 0 Å². The van der Waals surface area contributed by atoms with Gasteiger partial charge in [0.1, 0.15) is 13.2 Å². The van der Waals surface area contributed by atoms with Gasteiger partial charge in [0.2, 0.25) is 12.7 Å². The number of benzene rings is 3. The van der Waals surface area contributed by atoms with E-state index < -0.39 is 23.6 Å². The van der Waals surface area contributed by atoms with Crippen molar-refractivity contribution in [3.8, 4) is 23.0 Å². The van der Waals surface area contributed by atoms with Crippen LogP contribution < -0.4 is 24.3 Å². The number of carbonyl (C=O) groups is 3. The van der Waals surface area contributed by atoms with Gasteiger partial charge in [-0.3, -0.25) is 19.3 Å². The summed E-state index contributed by atoms with van der Waals surface area (Å²) in [6, 6.07) is 19.9. The number of carbonyl (C=O) groups excluding carboxylic acids is 3. The van der Waals surface area contributed by atoms with Crippen LogP contribution in [0.5, 0.6) is 23.0 Å². The molecule has 2 heterocycles. The van der Waals surface area contributed by atoms with E-state index in [2.05, 4.69) is 5.32 Å². The van der Waals surface area contributed by atoms with Crippen LogP contribution in [0.1, 0.15) is 11.1 Å². The van der Waals surface area contributed by atoms with E-state index in [0.29, 0.717) is 40.9 Å². The van der Waals surface area contributed by atoms with Crippen molar-refractivity contribution in [1.29, 1.82) is 0 Å². The number of thioether (sulfide) groups is 1. The van der Waals surface area contributed by atoms with Crippen molar-refractivity contribution in [2.45, 2.75) is 6.61 Å². The molecule has 37 heavy (non-hydrogen) atoms. The molecular formula is C27H22N2O7S. The number of hydrogen-bond donors (Lipinski definition) is 1. The third-order valence-electron chi connectivity index (χ3n) is 5.55. The number of rotatable bonds is 8. The van der Waals surface area contributed by atoms with Crippen LogP contribution >= 0.6 is 11.8 Å². The van der Waals surface area contributed by atoms with Crippen LogP contribution in [0.2, 0.25) is 0 Å². The second kappa shape index (κ2) is 10.7. The molecule has 3 aromatic rings. The van der Waals surface area contributed by atoms with E-state index in [1.165, 1.54) is 7.11 Å². The van der Waals surface area contributed by atoms with Crippen LogP contribution in [0.3, 0.4) is 0 Å². The van der Waals surface area contributed by atoms with Crippen LogP contribution in [-0.2, 0) is 16.2 Å². The highest BCUT2D eigenvalue weighted by atomic mass is 32.2. The molecule has 0 aliphatic carbocycles. The molecule has 2 aliphatic rings. The van der Waals surface area contributed by atoms with Crippen LogP contribution in [0, 0.1) is 0 Å². The third kappa shape index (κ3) is 5.54. The largest absolute Gasteiger partial charge is 0.493 e. The van der Waals surface area contributed by atoms with Gasteiger partial charge in [0.15, 0.2) is 23.0 Å². The lowest BCUT2D eigenvalue weighted by atomic mass is 10.1. The minimum atomic E-state index is -0.542. The number of amides is 3. The Morgan fingerprint density at radius 3 is 2.65 bits per heavy atom. The Labute approximate surface area is 217 Å². The summed E-state index contributed by atoms with van der Waals surface area (Å²) in [5, 5.41) is 2.15. The molecule has 0 saturated carbocycles. The molecule has 0 bridgehead atoms. The third-order valence-corrected chi connectivity index (χ3v) is 6.46. The first-order chi connectivity index (χ1) is 18.0. The van der Waals surface area contributed by atoms with E-state index in [9.17, 15) is 14.4 Å². The van der Waals surface area contributed by atoms with Gasteiger partial charge in [0, 0.05) is 11.8 Å². The monoisotopic (exact) mass is 518 g/mol. The van der Waals surface area contributed by atoms with E-state index in [0.717, 1.165) is 22.2 Å². The molecule has 1 fully saturated rings. The summed E-state index contributed by atoms with van der Waals surface area (Å²) in [6.45, 7) is 0.0843. The van der Waals surface area contributed by atoms with Crippen LogP contribution in [0.15, 0.2) is 71.6 Å². The van der Waals surface area contributed by atoms with Gasteiger partial charge in [-0.2, -0.15) is 0 Å². The van der Waals surface area contributed by atoms with Crippen LogP contribution in [-0.4, -0.2) is 42.4 Å². The Hall–Kier alpha value is -4.44. The van der Waals surface area contributed by atoms with Gasteiger partial charge in [-0.25, -0.2) is 0 Å². The molecule has 0 aromatic heterocycles. The van der Waals surface area contributed by atoms with Gasteiger partial charge in [-0.1, -0.05) is 36.4 Å². The lowest BCUT2D eigenvalue weighted by molar-refractivity contribution is -0.127. The Bertz CT molecular complexity index is 1390. The molecule has 2 aliphatic heterocycles. The second-order valence-electron chi connectivity index (χ2n) is 8.07. The number of anilines is 1. The number of nitrogens with one attached hydrogen (secondary N) is 1. The average Bonchev–Trinajstić information content (AvgIpc) is 3.48. The zero-order chi connectivity index (χ0) is 25.8. The highest BCUT2D eigenvalue weighted by Gasteiger charge is 2.36. The molecule has 1 saturated heterocycles. The van der Waals surface area contributed by atoms with E-state index in [-0.39, 0.29) is 11.7 Å². The minimum absolute atomic E-state index is 0.116. The van der Waals surface area contributed by atoms with Crippen molar-refractivity contribution in [2.24, 2.45) is 0 Å². The van der Waals surface area contributed by atoms with E-state index in [4.69, 9.17) is 18.9 Å². The maximum Gasteiger partial charge on any atom is 0.294 e. The zero-order valence-corrected chi connectivity index (χ0v) is 20.6. The molecule has 3 amide bonds. The number of ether oxygens (including phenoxy) is 4. The van der Waals surface area contributed by atoms with Crippen molar-refractivity contribution in [2.75, 3.05) is 25.8 Å². The number of hydrogen-bond acceptors (Lipinski definition) is 8. The maximum absolute atomic E-state index is 12.9. The van der Waals surface area contributed by atoms with Crippen molar-refractivity contribution in [3.05, 3.63) is 82.8 Å². The molecule has 10 heteroatoms. The lowest BCUT2D eigenvalue weighted by Crippen LogP contribution is -2.36. The molecular weight excluding hydrogens is 496 g/mol. The van der Waals surface area contributed by atoms with Crippen LogP contribution in [0.25, 0.3) is 6.08 Å². The summed E-state index contributed by atoms with van der Waals surface area (Å²) in [5.74, 6) is 1.09. The van der Waals surface area contributed by atoms with Gasteiger partial charge in [0.25, 0.3) is 11.1 Å². The van der Waals surface area contributed by atoms with Crippen LogP contribution in [0.4, 0.5) is 10.5 Å². The number of fused-ring (bicyclic) bond motifs is 1. The molecule has 0 spiro atoms. The normalized spacial score (nSPS) is 15.3. The summed E-state index contributed by atoms with van der Waals surface area (Å²) >= 11 is 0.776. The topological polar surface area (TPSA) is 103 Å². The van der Waals surface area contributed by atoms with Crippen molar-refractivity contribution in [1.82, 2.24) is 4.90 Å². The first-order valence-electron chi connectivity index (χ1n) is 11.3. The minimum Gasteiger partial charge on any atom is -0.493 e. The number of nitrogens with zero attached hydrogens (tertiary/aromatic N) is 1. The fourth-order valence-electron chi connectivity index (χ4n) is 3.73. The Kier molecular flexibility index (Phi) is 7.00. The molecule has 5 rings (SSSR count). The Morgan fingerprint density at radius 1 is 1.03 bits per heavy atom. The predicted octanol–water partition coefficient (Wildman–Crippen LogP) is 4.68. The standard InChI is InChI=1S/C27H22N2O7S/c1-33-22-11-18(7-9-20(22)34-15-17-5-3-2-4-6-17)12-24-26(31)29(27(32)37-24)14-25(30)28-19-8-10-21-23(13-19)36-16-35-21/h2-13H,14-16H2,1H3,(H,28,30)/b24-12+. The lowest BCUT2D eigenvalue weighted by Gasteiger charge is -2.13. The molecule has 3 aromatic carbocycles. The van der Waals surface area contributed by atoms with Crippen molar-refractivity contribution >= 4 is 40.6 Å². The first-order valence-corrected chi connectivity index (χ1v) is 12.1. The van der Waals surface area contributed by atoms with Gasteiger partial charge in [-0.15, -0.1) is 0 Å². The van der Waals surface area contributed by atoms with Gasteiger partial charge in [-0.05, 0) is 53.2 Å². The highest BCUT2D eigenvalue weighted by Crippen LogP contribution is 2.36. The molecule has 188 valence electrons. The molecule has 9 nitrogen and oxygen atoms in total. The van der Waals surface area contributed by atoms with Crippen molar-refractivity contribution < 1.29 is 33.3 Å². The Morgan fingerprint density at radius 2 is 1.84 bits per heavy atom. The summed E-state index contributed by atoms with van der Waals surface area (Å²) in [4.78, 5) is 39.0. The van der Waals surface area contributed by atoms with E-state index >= 15 is 0 Å². The number of methoxy groups -OCH3 is 1. The first kappa shape index (κ1) is 24.3. The van der Waals surface area contributed by atoms with Crippen molar-refractivity contribution in [3.63, 3.8) is 0 Å². The zero-order valence-electron chi connectivity index (χ0n) is 19.8. The predicted molar refractivity (Wildman–Crippen MR) is 138 cm³/mol. The second-order valence-corrected chi connectivity index (χ2v) is 9.06.